The second-order valence-electron chi connectivity index (χ2n) is 6.35. The Labute approximate surface area is 150 Å². The van der Waals surface area contributed by atoms with Gasteiger partial charge in [0.05, 0.1) is 11.7 Å². The number of allylic oxidation sites excluding steroid dienone is 1. The van der Waals surface area contributed by atoms with Crippen molar-refractivity contribution < 1.29 is 9.53 Å². The number of nitrogens with zero attached hydrogens (tertiary/aromatic N) is 2. The molecule has 0 aliphatic heterocycles. The molecule has 4 nitrogen and oxygen atoms in total. The van der Waals surface area contributed by atoms with E-state index in [0.29, 0.717) is 6.54 Å². The number of unbranched alkanes of at least 4 members (excludes halogenated alkanes) is 4. The summed E-state index contributed by atoms with van der Waals surface area (Å²) in [5.41, 5.74) is 2.92. The van der Waals surface area contributed by atoms with E-state index in [1.165, 1.54) is 42.6 Å². The summed E-state index contributed by atoms with van der Waals surface area (Å²) in [5.74, 6) is 0. The Kier molecular flexibility index (Phi) is 10.4. The van der Waals surface area contributed by atoms with Crippen molar-refractivity contribution in [3.8, 4) is 0 Å². The van der Waals surface area contributed by atoms with E-state index >= 15 is 0 Å². The van der Waals surface area contributed by atoms with Gasteiger partial charge < -0.3 is 4.74 Å². The molecular formula is C19H32N2O2S. The predicted octanol–water partition coefficient (Wildman–Crippen LogP) is 6.19. The van der Waals surface area contributed by atoms with Gasteiger partial charge in [0.2, 0.25) is 0 Å². The van der Waals surface area contributed by atoms with Crippen molar-refractivity contribution in [1.82, 2.24) is 4.98 Å². The molecule has 136 valence electrons. The van der Waals surface area contributed by atoms with Gasteiger partial charge in [0.25, 0.3) is 0 Å². The minimum Gasteiger partial charge on any atom is -0.446 e. The van der Waals surface area contributed by atoms with Crippen LogP contribution in [0.1, 0.15) is 72.6 Å². The lowest BCUT2D eigenvalue weighted by Crippen LogP contribution is -2.34. The van der Waals surface area contributed by atoms with E-state index in [4.69, 9.17) is 4.74 Å². The Balaban J connectivity index is 2.56. The Morgan fingerprint density at radius 2 is 2.04 bits per heavy atom. The quantitative estimate of drug-likeness (QED) is 0.352. The third-order valence-electron chi connectivity index (χ3n) is 3.94. The molecule has 1 atom stereocenters. The third-order valence-corrected chi connectivity index (χ3v) is 4.73. The van der Waals surface area contributed by atoms with Crippen molar-refractivity contribution in [3.05, 3.63) is 23.4 Å². The van der Waals surface area contributed by atoms with Crippen molar-refractivity contribution in [1.29, 1.82) is 0 Å². The van der Waals surface area contributed by atoms with E-state index in [1.54, 1.807) is 16.6 Å². The largest absolute Gasteiger partial charge is 0.446 e. The summed E-state index contributed by atoms with van der Waals surface area (Å²) in [6.45, 7) is 8.88. The minimum absolute atomic E-state index is 0.00116. The molecule has 1 aromatic heterocycles. The second-order valence-corrected chi connectivity index (χ2v) is 7.21. The Hall–Kier alpha value is -1.36. The topological polar surface area (TPSA) is 42.4 Å². The summed E-state index contributed by atoms with van der Waals surface area (Å²) in [6, 6.07) is 0. The highest BCUT2D eigenvalue weighted by molar-refractivity contribution is 7.14. The number of thiazole rings is 1. The maximum absolute atomic E-state index is 12.6. The van der Waals surface area contributed by atoms with Gasteiger partial charge in [0.1, 0.15) is 11.1 Å². The van der Waals surface area contributed by atoms with Crippen LogP contribution in [0.3, 0.4) is 0 Å². The maximum Gasteiger partial charge on any atom is 0.415 e. The highest BCUT2D eigenvalue weighted by Gasteiger charge is 2.21. The monoisotopic (exact) mass is 352 g/mol. The molecule has 1 heterocycles. The van der Waals surface area contributed by atoms with Gasteiger partial charge in [-0.15, -0.1) is 11.3 Å². The molecule has 0 fully saturated rings. The Bertz CT molecular complexity index is 482. The van der Waals surface area contributed by atoms with Gasteiger partial charge in [-0.3, -0.25) is 9.88 Å². The third kappa shape index (κ3) is 7.95. The van der Waals surface area contributed by atoms with Crippen molar-refractivity contribution in [2.24, 2.45) is 0 Å². The van der Waals surface area contributed by atoms with Gasteiger partial charge in [0, 0.05) is 6.54 Å². The van der Waals surface area contributed by atoms with Crippen LogP contribution in [0.2, 0.25) is 0 Å². The smallest absolute Gasteiger partial charge is 0.415 e. The van der Waals surface area contributed by atoms with Crippen LogP contribution in [0.15, 0.2) is 23.4 Å². The number of amides is 1. The van der Waals surface area contributed by atoms with Gasteiger partial charge in [-0.05, 0) is 33.1 Å². The Morgan fingerprint density at radius 1 is 1.29 bits per heavy atom. The van der Waals surface area contributed by atoms with Crippen LogP contribution < -0.4 is 4.90 Å². The molecule has 0 aliphatic carbocycles. The number of ether oxygens (including phenoxy) is 1. The lowest BCUT2D eigenvalue weighted by molar-refractivity contribution is 0.0952. The zero-order chi connectivity index (χ0) is 17.8. The standard InChI is InChI=1S/C19H32N2O2S/c1-5-7-8-9-10-11-17(6-2)23-19(22)21(13-12-16(3)4)18-14-20-15-24-18/h12,14-15,17H,5-11,13H2,1-4H3. The van der Waals surface area contributed by atoms with Gasteiger partial charge >= 0.3 is 6.09 Å². The molecular weight excluding hydrogens is 320 g/mol. The fourth-order valence-corrected chi connectivity index (χ4v) is 3.03. The molecule has 0 aromatic carbocycles. The SMILES string of the molecule is CCCCCCCC(CC)OC(=O)N(CC=C(C)C)c1cncs1. The fourth-order valence-electron chi connectivity index (χ4n) is 2.40. The molecule has 0 aliphatic rings. The van der Waals surface area contributed by atoms with E-state index in [9.17, 15) is 4.79 Å². The summed E-state index contributed by atoms with van der Waals surface area (Å²) in [7, 11) is 0. The molecule has 0 radical (unpaired) electrons. The molecule has 1 rings (SSSR count). The van der Waals surface area contributed by atoms with Crippen LogP contribution in [0, 0.1) is 0 Å². The molecule has 24 heavy (non-hydrogen) atoms. The first kappa shape index (κ1) is 20.7. The fraction of sp³-hybridized carbons (Fsp3) is 0.684. The molecule has 5 heteroatoms. The van der Waals surface area contributed by atoms with Gasteiger partial charge in [-0.1, -0.05) is 51.2 Å². The van der Waals surface area contributed by atoms with Crippen LogP contribution in [0.25, 0.3) is 0 Å². The van der Waals surface area contributed by atoms with E-state index in [1.807, 2.05) is 19.9 Å². The predicted molar refractivity (Wildman–Crippen MR) is 103 cm³/mol. The molecule has 0 saturated carbocycles. The average Bonchev–Trinajstić information content (AvgIpc) is 3.07. The summed E-state index contributed by atoms with van der Waals surface area (Å²) >= 11 is 1.46. The number of carbonyl (C=O) groups is 1. The van der Waals surface area contributed by atoms with Crippen LogP contribution in [-0.2, 0) is 4.74 Å². The lowest BCUT2D eigenvalue weighted by atomic mass is 10.1. The van der Waals surface area contributed by atoms with Crippen molar-refractivity contribution in [3.63, 3.8) is 0 Å². The van der Waals surface area contributed by atoms with Crippen LogP contribution in [-0.4, -0.2) is 23.7 Å². The number of hydrogen-bond acceptors (Lipinski definition) is 4. The van der Waals surface area contributed by atoms with Crippen LogP contribution >= 0.6 is 11.3 Å². The van der Waals surface area contributed by atoms with E-state index in [2.05, 4.69) is 18.8 Å². The highest BCUT2D eigenvalue weighted by Crippen LogP contribution is 2.22. The first-order chi connectivity index (χ1) is 11.6. The maximum atomic E-state index is 12.6. The molecule has 1 aromatic rings. The summed E-state index contributed by atoms with van der Waals surface area (Å²) in [4.78, 5) is 18.4. The van der Waals surface area contributed by atoms with Crippen LogP contribution in [0.5, 0.6) is 0 Å². The van der Waals surface area contributed by atoms with E-state index < -0.39 is 0 Å². The van der Waals surface area contributed by atoms with Crippen molar-refractivity contribution >= 4 is 22.4 Å². The van der Waals surface area contributed by atoms with E-state index in [0.717, 1.165) is 24.3 Å². The molecule has 0 N–H and O–H groups in total. The second kappa shape index (κ2) is 12.1. The number of carbonyl (C=O) groups excluding carboxylic acids is 1. The van der Waals surface area contributed by atoms with Gasteiger partial charge in [-0.2, -0.15) is 0 Å². The van der Waals surface area contributed by atoms with Crippen molar-refractivity contribution in [2.75, 3.05) is 11.4 Å². The average molecular weight is 353 g/mol. The lowest BCUT2D eigenvalue weighted by Gasteiger charge is -2.23. The Morgan fingerprint density at radius 3 is 2.62 bits per heavy atom. The van der Waals surface area contributed by atoms with E-state index in [-0.39, 0.29) is 12.2 Å². The summed E-state index contributed by atoms with van der Waals surface area (Å²) in [5, 5.41) is 0.829. The normalized spacial score (nSPS) is 11.8. The number of rotatable bonds is 11. The van der Waals surface area contributed by atoms with Gasteiger partial charge in [-0.25, -0.2) is 4.79 Å². The first-order valence-electron chi connectivity index (χ1n) is 9.08. The molecule has 1 unspecified atom stereocenters. The summed E-state index contributed by atoms with van der Waals surface area (Å²) in [6.07, 6.45) is 11.5. The molecule has 1 amide bonds. The minimum atomic E-state index is -0.267. The number of anilines is 1. The number of aromatic nitrogens is 1. The highest BCUT2D eigenvalue weighted by atomic mass is 32.1. The van der Waals surface area contributed by atoms with Crippen LogP contribution in [0.4, 0.5) is 9.80 Å². The zero-order valence-electron chi connectivity index (χ0n) is 15.6. The molecule has 0 spiro atoms. The first-order valence-corrected chi connectivity index (χ1v) is 9.96. The van der Waals surface area contributed by atoms with Gasteiger partial charge in [0.15, 0.2) is 0 Å². The summed E-state index contributed by atoms with van der Waals surface area (Å²) < 4.78 is 5.76. The van der Waals surface area contributed by atoms with Crippen molar-refractivity contribution in [2.45, 2.75) is 78.7 Å². The molecule has 0 bridgehead atoms. The zero-order valence-corrected chi connectivity index (χ0v) is 16.4. The molecule has 0 saturated heterocycles. The number of hydrogen-bond donors (Lipinski definition) is 0.